The third-order valence-corrected chi connectivity index (χ3v) is 3.60. The molecular weight excluding hydrogens is 218 g/mol. The van der Waals surface area contributed by atoms with Crippen molar-refractivity contribution in [1.29, 1.82) is 0 Å². The van der Waals surface area contributed by atoms with Crippen molar-refractivity contribution >= 4 is 29.3 Å². The molecule has 0 aromatic heterocycles. The number of hydrogen-bond donors (Lipinski definition) is 1. The maximum absolute atomic E-state index is 11.4. The Kier molecular flexibility index (Phi) is 5.71. The smallest absolute Gasteiger partial charge is 0.220 e. The van der Waals surface area contributed by atoms with Crippen LogP contribution in [0.4, 0.5) is 0 Å². The molecule has 0 spiro atoms. The second kappa shape index (κ2) is 6.57. The Morgan fingerprint density at radius 1 is 1.57 bits per heavy atom. The van der Waals surface area contributed by atoms with Gasteiger partial charge in [-0.15, -0.1) is 11.6 Å². The second-order valence-corrected chi connectivity index (χ2v) is 5.81. The van der Waals surface area contributed by atoms with Crippen LogP contribution < -0.4 is 5.32 Å². The maximum atomic E-state index is 11.4. The average Bonchev–Trinajstić information content (AvgIpc) is 2.16. The van der Waals surface area contributed by atoms with E-state index in [4.69, 9.17) is 11.6 Å². The summed E-state index contributed by atoms with van der Waals surface area (Å²) >= 11 is 7.74. The molecule has 2 nitrogen and oxygen atoms in total. The molecule has 14 heavy (non-hydrogen) atoms. The zero-order valence-electron chi connectivity index (χ0n) is 8.59. The van der Waals surface area contributed by atoms with E-state index < -0.39 is 0 Å². The fourth-order valence-electron chi connectivity index (χ4n) is 1.54. The van der Waals surface area contributed by atoms with E-state index in [9.17, 15) is 4.79 Å². The fourth-order valence-corrected chi connectivity index (χ4v) is 2.82. The lowest BCUT2D eigenvalue weighted by molar-refractivity contribution is -0.122. The second-order valence-electron chi connectivity index (χ2n) is 3.84. The molecule has 1 fully saturated rings. The first-order valence-corrected chi connectivity index (χ1v) is 6.76. The zero-order chi connectivity index (χ0) is 10.4. The first kappa shape index (κ1) is 12.2. The van der Waals surface area contributed by atoms with Crippen molar-refractivity contribution < 1.29 is 4.79 Å². The highest BCUT2D eigenvalue weighted by Gasteiger charge is 2.17. The molecule has 0 aromatic carbocycles. The minimum atomic E-state index is 0.0286. The zero-order valence-corrected chi connectivity index (χ0v) is 10.2. The number of carbonyl (C=O) groups excluding carboxylic acids is 1. The number of hydrogen-bond acceptors (Lipinski definition) is 2. The van der Waals surface area contributed by atoms with Crippen LogP contribution in [0.1, 0.15) is 26.2 Å². The summed E-state index contributed by atoms with van der Waals surface area (Å²) in [6.07, 6.45) is 3.06. The van der Waals surface area contributed by atoms with E-state index in [-0.39, 0.29) is 11.3 Å². The van der Waals surface area contributed by atoms with Crippen LogP contribution >= 0.6 is 23.4 Å². The Morgan fingerprint density at radius 3 is 2.79 bits per heavy atom. The molecule has 82 valence electrons. The van der Waals surface area contributed by atoms with Gasteiger partial charge in [-0.1, -0.05) is 0 Å². The normalized spacial score (nSPS) is 20.4. The van der Waals surface area contributed by atoms with Crippen LogP contribution in [-0.4, -0.2) is 29.3 Å². The van der Waals surface area contributed by atoms with Crippen LogP contribution in [0.15, 0.2) is 0 Å². The van der Waals surface area contributed by atoms with E-state index in [1.54, 1.807) is 0 Å². The van der Waals surface area contributed by atoms with Gasteiger partial charge in [-0.2, -0.15) is 11.8 Å². The summed E-state index contributed by atoms with van der Waals surface area (Å²) in [4.78, 5) is 11.4. The summed E-state index contributed by atoms with van der Waals surface area (Å²) in [5.74, 6) is 3.18. The van der Waals surface area contributed by atoms with Crippen LogP contribution in [0.3, 0.4) is 0 Å². The summed E-state index contributed by atoms with van der Waals surface area (Å²) in [7, 11) is 0. The standard InChI is InChI=1S/C10H18ClNOS/c1-8(11)7-12-10(13)6-9-2-4-14-5-3-9/h8-9H,2-7H2,1H3,(H,12,13). The maximum Gasteiger partial charge on any atom is 0.220 e. The Labute approximate surface area is 95.2 Å². The van der Waals surface area contributed by atoms with E-state index in [0.717, 1.165) is 0 Å². The summed E-state index contributed by atoms with van der Waals surface area (Å²) in [5.41, 5.74) is 0. The number of nitrogens with one attached hydrogen (secondary N) is 1. The molecule has 0 saturated carbocycles. The van der Waals surface area contributed by atoms with Gasteiger partial charge in [0, 0.05) is 18.3 Å². The van der Waals surface area contributed by atoms with Gasteiger partial charge < -0.3 is 5.32 Å². The van der Waals surface area contributed by atoms with Crippen molar-refractivity contribution in [2.24, 2.45) is 5.92 Å². The van der Waals surface area contributed by atoms with Crippen molar-refractivity contribution in [3.8, 4) is 0 Å². The quantitative estimate of drug-likeness (QED) is 0.758. The summed E-state index contributed by atoms with van der Waals surface area (Å²) < 4.78 is 0. The molecule has 4 heteroatoms. The number of rotatable bonds is 4. The van der Waals surface area contributed by atoms with Gasteiger partial charge >= 0.3 is 0 Å². The Morgan fingerprint density at radius 2 is 2.21 bits per heavy atom. The molecule has 1 unspecified atom stereocenters. The first-order valence-electron chi connectivity index (χ1n) is 5.17. The Bertz CT molecular complexity index is 181. The first-order chi connectivity index (χ1) is 6.68. The van der Waals surface area contributed by atoms with E-state index in [2.05, 4.69) is 5.32 Å². The van der Waals surface area contributed by atoms with Crippen LogP contribution in [-0.2, 0) is 4.79 Å². The summed E-state index contributed by atoms with van der Waals surface area (Å²) in [6.45, 7) is 2.47. The third kappa shape index (κ3) is 5.11. The Balaban J connectivity index is 2.12. The molecule has 0 radical (unpaired) electrons. The summed E-state index contributed by atoms with van der Waals surface area (Å²) in [5, 5.41) is 2.88. The monoisotopic (exact) mass is 235 g/mol. The van der Waals surface area contributed by atoms with Crippen LogP contribution in [0.5, 0.6) is 0 Å². The Hall–Kier alpha value is 0.110. The van der Waals surface area contributed by atoms with Crippen LogP contribution in [0, 0.1) is 5.92 Å². The molecule has 1 saturated heterocycles. The van der Waals surface area contributed by atoms with Gasteiger partial charge in [0.2, 0.25) is 5.91 Å². The van der Waals surface area contributed by atoms with Gasteiger partial charge in [-0.25, -0.2) is 0 Å². The van der Waals surface area contributed by atoms with Crippen molar-refractivity contribution in [2.75, 3.05) is 18.1 Å². The molecule has 0 aromatic rings. The third-order valence-electron chi connectivity index (χ3n) is 2.40. The molecule has 1 heterocycles. The highest BCUT2D eigenvalue weighted by Crippen LogP contribution is 2.24. The minimum Gasteiger partial charge on any atom is -0.355 e. The van der Waals surface area contributed by atoms with E-state index in [0.29, 0.717) is 18.9 Å². The molecular formula is C10H18ClNOS. The number of carbonyl (C=O) groups is 1. The van der Waals surface area contributed by atoms with Crippen molar-refractivity contribution in [3.05, 3.63) is 0 Å². The molecule has 1 aliphatic heterocycles. The highest BCUT2D eigenvalue weighted by molar-refractivity contribution is 7.99. The van der Waals surface area contributed by atoms with Gasteiger partial charge in [0.15, 0.2) is 0 Å². The van der Waals surface area contributed by atoms with Crippen molar-refractivity contribution in [3.63, 3.8) is 0 Å². The molecule has 1 N–H and O–H groups in total. The number of amides is 1. The number of thioether (sulfide) groups is 1. The lowest BCUT2D eigenvalue weighted by Gasteiger charge is -2.20. The molecule has 0 bridgehead atoms. The van der Waals surface area contributed by atoms with E-state index >= 15 is 0 Å². The average molecular weight is 236 g/mol. The van der Waals surface area contributed by atoms with E-state index in [1.165, 1.54) is 24.3 Å². The van der Waals surface area contributed by atoms with Crippen LogP contribution in [0.2, 0.25) is 0 Å². The van der Waals surface area contributed by atoms with Gasteiger partial charge in [-0.05, 0) is 37.2 Å². The molecule has 0 aliphatic carbocycles. The fraction of sp³-hybridized carbons (Fsp3) is 0.900. The van der Waals surface area contributed by atoms with E-state index in [1.807, 2.05) is 18.7 Å². The van der Waals surface area contributed by atoms with Crippen molar-refractivity contribution in [2.45, 2.75) is 31.6 Å². The SMILES string of the molecule is CC(Cl)CNC(=O)CC1CCSCC1. The predicted octanol–water partition coefficient (Wildman–Crippen LogP) is 2.26. The molecule has 1 aliphatic rings. The topological polar surface area (TPSA) is 29.1 Å². The number of halogens is 1. The minimum absolute atomic E-state index is 0.0286. The molecule has 1 atom stereocenters. The highest BCUT2D eigenvalue weighted by atomic mass is 35.5. The largest absolute Gasteiger partial charge is 0.355 e. The van der Waals surface area contributed by atoms with Gasteiger partial charge in [-0.3, -0.25) is 4.79 Å². The predicted molar refractivity (Wildman–Crippen MR) is 63.0 cm³/mol. The van der Waals surface area contributed by atoms with Gasteiger partial charge in [0.25, 0.3) is 0 Å². The summed E-state index contributed by atoms with van der Waals surface area (Å²) in [6, 6.07) is 0. The molecule has 1 rings (SSSR count). The van der Waals surface area contributed by atoms with Gasteiger partial charge in [0.1, 0.15) is 0 Å². The van der Waals surface area contributed by atoms with Crippen molar-refractivity contribution in [1.82, 2.24) is 5.32 Å². The lowest BCUT2D eigenvalue weighted by atomic mass is 9.98. The van der Waals surface area contributed by atoms with Crippen LogP contribution in [0.25, 0.3) is 0 Å². The lowest BCUT2D eigenvalue weighted by Crippen LogP contribution is -2.30. The number of alkyl halides is 1. The van der Waals surface area contributed by atoms with Gasteiger partial charge in [0.05, 0.1) is 0 Å². The molecule has 1 amide bonds.